The van der Waals surface area contributed by atoms with E-state index in [1.807, 2.05) is 0 Å². The lowest BCUT2D eigenvalue weighted by atomic mass is 10.1. The molecule has 0 bridgehead atoms. The minimum Gasteiger partial charge on any atom is -0.395 e. The van der Waals surface area contributed by atoms with Crippen molar-refractivity contribution in [1.29, 1.82) is 0 Å². The van der Waals surface area contributed by atoms with Crippen molar-refractivity contribution in [2.45, 2.75) is 6.54 Å². The number of aliphatic hydroxyl groups excluding tert-OH is 1. The summed E-state index contributed by atoms with van der Waals surface area (Å²) in [6, 6.07) is 2.90. The van der Waals surface area contributed by atoms with Crippen LogP contribution < -0.4 is 11.3 Å². The Kier molecular flexibility index (Phi) is 4.44. The summed E-state index contributed by atoms with van der Waals surface area (Å²) in [6.45, 7) is -0.282. The molecule has 0 aromatic carbocycles. The lowest BCUT2D eigenvalue weighted by molar-refractivity contribution is -0.113. The quantitative estimate of drug-likeness (QED) is 0.601. The SMILES string of the molecule is NC(=O)/C=C/c1c[nH]c2ncc(-c3cc(F)c(=O)n(CCO)c3)cc12. The number of halogens is 1. The monoisotopic (exact) mass is 342 g/mol. The molecule has 3 heterocycles. The van der Waals surface area contributed by atoms with E-state index >= 15 is 0 Å². The molecule has 7 nitrogen and oxygen atoms in total. The number of amides is 1. The molecule has 4 N–H and O–H groups in total. The molecule has 25 heavy (non-hydrogen) atoms. The Morgan fingerprint density at radius 3 is 2.92 bits per heavy atom. The van der Waals surface area contributed by atoms with Gasteiger partial charge in [0.25, 0.3) is 5.56 Å². The molecular weight excluding hydrogens is 327 g/mol. The molecule has 0 saturated heterocycles. The normalized spacial score (nSPS) is 11.4. The van der Waals surface area contributed by atoms with E-state index in [0.717, 1.165) is 16.0 Å². The summed E-state index contributed by atoms with van der Waals surface area (Å²) in [7, 11) is 0. The molecule has 0 aliphatic carbocycles. The van der Waals surface area contributed by atoms with Gasteiger partial charge in [0.1, 0.15) is 5.65 Å². The van der Waals surface area contributed by atoms with Crippen LogP contribution >= 0.6 is 0 Å². The third-order valence-corrected chi connectivity index (χ3v) is 3.71. The number of carbonyl (C=O) groups excluding carboxylic acids is 1. The Morgan fingerprint density at radius 1 is 1.40 bits per heavy atom. The number of nitrogens with one attached hydrogen (secondary N) is 1. The van der Waals surface area contributed by atoms with Crippen LogP contribution in [0.25, 0.3) is 28.2 Å². The standard InChI is InChI=1S/C17H15FN4O3/c18-14-6-12(9-22(3-4-23)17(14)25)11-5-13-10(1-2-15(19)24)7-20-16(13)21-8-11/h1-2,5-9,23H,3-4H2,(H2,19,24)(H,20,21)/b2-1+. The molecule has 0 spiro atoms. The van der Waals surface area contributed by atoms with Gasteiger partial charge in [-0.3, -0.25) is 9.59 Å². The molecule has 0 radical (unpaired) electrons. The Bertz CT molecular complexity index is 1040. The van der Waals surface area contributed by atoms with Gasteiger partial charge in [-0.2, -0.15) is 0 Å². The van der Waals surface area contributed by atoms with Gasteiger partial charge in [-0.15, -0.1) is 0 Å². The molecule has 1 amide bonds. The minimum atomic E-state index is -0.908. The van der Waals surface area contributed by atoms with Crippen molar-refractivity contribution in [3.63, 3.8) is 0 Å². The van der Waals surface area contributed by atoms with Crippen molar-refractivity contribution in [1.82, 2.24) is 14.5 Å². The molecule has 128 valence electrons. The third-order valence-electron chi connectivity index (χ3n) is 3.71. The molecule has 3 rings (SSSR count). The van der Waals surface area contributed by atoms with Crippen LogP contribution in [0.1, 0.15) is 5.56 Å². The molecule has 3 aromatic rings. The molecule has 0 saturated carbocycles. The molecular formula is C17H15FN4O3. The fraction of sp³-hybridized carbons (Fsp3) is 0.118. The zero-order valence-corrected chi connectivity index (χ0v) is 13.1. The lowest BCUT2D eigenvalue weighted by Gasteiger charge is -2.08. The highest BCUT2D eigenvalue weighted by Crippen LogP contribution is 2.25. The highest BCUT2D eigenvalue weighted by molar-refractivity contribution is 5.95. The fourth-order valence-electron chi connectivity index (χ4n) is 2.52. The third kappa shape index (κ3) is 3.33. The van der Waals surface area contributed by atoms with E-state index in [1.54, 1.807) is 24.5 Å². The number of carbonyl (C=O) groups is 1. The predicted octanol–water partition coefficient (Wildman–Crippen LogP) is 1.02. The fourth-order valence-corrected chi connectivity index (χ4v) is 2.52. The predicted molar refractivity (Wildman–Crippen MR) is 91.1 cm³/mol. The van der Waals surface area contributed by atoms with Crippen LogP contribution in [0.5, 0.6) is 0 Å². The Morgan fingerprint density at radius 2 is 2.20 bits per heavy atom. The molecule has 3 aromatic heterocycles. The Labute approximate surface area is 141 Å². The number of hydrogen-bond acceptors (Lipinski definition) is 4. The Balaban J connectivity index is 2.11. The minimum absolute atomic E-state index is 0.00395. The average Bonchev–Trinajstić information content (AvgIpc) is 2.99. The van der Waals surface area contributed by atoms with Gasteiger partial charge in [-0.05, 0) is 18.2 Å². The Hall–Kier alpha value is -3.26. The number of pyridine rings is 2. The van der Waals surface area contributed by atoms with E-state index in [-0.39, 0.29) is 13.2 Å². The topological polar surface area (TPSA) is 114 Å². The molecule has 0 unspecified atom stereocenters. The second-order valence-electron chi connectivity index (χ2n) is 5.40. The van der Waals surface area contributed by atoms with E-state index < -0.39 is 17.3 Å². The molecule has 0 aliphatic rings. The number of nitrogens with zero attached hydrogens (tertiary/aromatic N) is 2. The van der Waals surface area contributed by atoms with E-state index in [2.05, 4.69) is 9.97 Å². The summed E-state index contributed by atoms with van der Waals surface area (Å²) in [4.78, 5) is 29.9. The van der Waals surface area contributed by atoms with Crippen molar-refractivity contribution in [3.8, 4) is 11.1 Å². The van der Waals surface area contributed by atoms with Crippen molar-refractivity contribution in [2.24, 2.45) is 5.73 Å². The summed E-state index contributed by atoms with van der Waals surface area (Å²) >= 11 is 0. The van der Waals surface area contributed by atoms with Crippen molar-refractivity contribution in [2.75, 3.05) is 6.61 Å². The van der Waals surface area contributed by atoms with Crippen LogP contribution in [0.2, 0.25) is 0 Å². The lowest BCUT2D eigenvalue weighted by Crippen LogP contribution is -2.24. The maximum absolute atomic E-state index is 13.9. The number of primary amides is 1. The van der Waals surface area contributed by atoms with Crippen molar-refractivity contribution in [3.05, 3.63) is 58.5 Å². The number of aromatic amines is 1. The number of nitrogens with two attached hydrogens (primary N) is 1. The maximum atomic E-state index is 13.9. The van der Waals surface area contributed by atoms with Gasteiger partial charge in [0.2, 0.25) is 5.91 Å². The summed E-state index contributed by atoms with van der Waals surface area (Å²) in [6.07, 6.45) is 7.48. The highest BCUT2D eigenvalue weighted by Gasteiger charge is 2.10. The number of hydrogen-bond donors (Lipinski definition) is 3. The van der Waals surface area contributed by atoms with Gasteiger partial charge >= 0.3 is 0 Å². The zero-order valence-electron chi connectivity index (χ0n) is 13.1. The van der Waals surface area contributed by atoms with Gasteiger partial charge in [-0.1, -0.05) is 0 Å². The maximum Gasteiger partial charge on any atom is 0.286 e. The van der Waals surface area contributed by atoms with Crippen molar-refractivity contribution >= 4 is 23.0 Å². The van der Waals surface area contributed by atoms with E-state index in [1.165, 1.54) is 12.3 Å². The number of fused-ring (bicyclic) bond motifs is 1. The van der Waals surface area contributed by atoms with Crippen LogP contribution in [0.15, 0.2) is 41.6 Å². The number of aliphatic hydroxyl groups is 1. The average molecular weight is 342 g/mol. The second-order valence-corrected chi connectivity index (χ2v) is 5.40. The molecule has 0 aliphatic heterocycles. The van der Waals surface area contributed by atoms with Gasteiger partial charge in [0.05, 0.1) is 6.61 Å². The largest absolute Gasteiger partial charge is 0.395 e. The van der Waals surface area contributed by atoms with E-state index in [0.29, 0.717) is 22.3 Å². The summed E-state index contributed by atoms with van der Waals surface area (Å²) in [5.74, 6) is -1.48. The first kappa shape index (κ1) is 16.6. The van der Waals surface area contributed by atoms with Gasteiger partial charge in [-0.25, -0.2) is 9.37 Å². The zero-order chi connectivity index (χ0) is 18.0. The first-order valence-electron chi connectivity index (χ1n) is 7.45. The molecule has 0 fully saturated rings. The van der Waals surface area contributed by atoms with Gasteiger partial charge in [0.15, 0.2) is 5.82 Å². The summed E-state index contributed by atoms with van der Waals surface area (Å²) < 4.78 is 15.0. The van der Waals surface area contributed by atoms with Crippen LogP contribution in [0.4, 0.5) is 4.39 Å². The highest BCUT2D eigenvalue weighted by atomic mass is 19.1. The van der Waals surface area contributed by atoms with Crippen molar-refractivity contribution < 1.29 is 14.3 Å². The smallest absolute Gasteiger partial charge is 0.286 e. The first-order chi connectivity index (χ1) is 12.0. The van der Waals surface area contributed by atoms with E-state index in [9.17, 15) is 14.0 Å². The summed E-state index contributed by atoms with van der Waals surface area (Å²) in [5.41, 5.74) is 6.65. The molecule has 8 heteroatoms. The number of H-pyrrole nitrogens is 1. The van der Waals surface area contributed by atoms with Crippen LogP contribution in [-0.2, 0) is 11.3 Å². The van der Waals surface area contributed by atoms with E-state index in [4.69, 9.17) is 10.8 Å². The summed E-state index contributed by atoms with van der Waals surface area (Å²) in [5, 5.41) is 9.72. The molecule has 0 atom stereocenters. The van der Waals surface area contributed by atoms with Crippen LogP contribution in [0.3, 0.4) is 0 Å². The first-order valence-corrected chi connectivity index (χ1v) is 7.45. The van der Waals surface area contributed by atoms with Gasteiger partial charge in [0, 0.05) is 53.3 Å². The number of rotatable bonds is 5. The van der Waals surface area contributed by atoms with Crippen LogP contribution in [0, 0.1) is 5.82 Å². The van der Waals surface area contributed by atoms with Gasteiger partial charge < -0.3 is 20.4 Å². The number of aromatic nitrogens is 3. The van der Waals surface area contributed by atoms with Crippen LogP contribution in [-0.4, -0.2) is 32.2 Å². The second kappa shape index (κ2) is 6.70.